The van der Waals surface area contributed by atoms with Crippen molar-refractivity contribution in [2.45, 2.75) is 26.7 Å². The molecule has 5 heteroatoms. The summed E-state index contributed by atoms with van der Waals surface area (Å²) in [4.78, 5) is 2.31. The predicted molar refractivity (Wildman–Crippen MR) is 69.6 cm³/mol. The van der Waals surface area contributed by atoms with E-state index >= 15 is 0 Å². The zero-order chi connectivity index (χ0) is 12.6. The van der Waals surface area contributed by atoms with Gasteiger partial charge in [-0.15, -0.1) is 0 Å². The highest BCUT2D eigenvalue weighted by Gasteiger charge is 2.27. The summed E-state index contributed by atoms with van der Waals surface area (Å²) in [5.41, 5.74) is 7.30. The molecule has 1 aliphatic heterocycles. The average molecular weight is 235 g/mol. The second-order valence-electron chi connectivity index (χ2n) is 4.83. The highest BCUT2D eigenvalue weighted by Crippen LogP contribution is 2.29. The molecule has 0 spiro atoms. The van der Waals surface area contributed by atoms with Gasteiger partial charge in [0.05, 0.1) is 11.3 Å². The number of aryl methyl sites for hydroxylation is 2. The largest absolute Gasteiger partial charge is 0.384 e. The second-order valence-corrected chi connectivity index (χ2v) is 4.83. The Bertz CT molecular complexity index is 434. The van der Waals surface area contributed by atoms with E-state index in [9.17, 15) is 0 Å². The van der Waals surface area contributed by atoms with Gasteiger partial charge in [0.25, 0.3) is 0 Å². The predicted octanol–water partition coefficient (Wildman–Crippen LogP) is 1.25. The summed E-state index contributed by atoms with van der Waals surface area (Å²) in [5.74, 6) is 1.88. The van der Waals surface area contributed by atoms with Gasteiger partial charge in [-0.2, -0.15) is 5.10 Å². The quantitative estimate of drug-likeness (QED) is 0.612. The lowest BCUT2D eigenvalue weighted by Crippen LogP contribution is -2.25. The molecule has 1 aliphatic rings. The highest BCUT2D eigenvalue weighted by atomic mass is 15.4. The van der Waals surface area contributed by atoms with Gasteiger partial charge in [-0.25, -0.2) is 0 Å². The lowest BCUT2D eigenvalue weighted by atomic mass is 10.1. The van der Waals surface area contributed by atoms with Crippen LogP contribution in [0.5, 0.6) is 0 Å². The van der Waals surface area contributed by atoms with Crippen LogP contribution in [0.2, 0.25) is 0 Å². The van der Waals surface area contributed by atoms with Crippen molar-refractivity contribution in [1.82, 2.24) is 9.78 Å². The van der Waals surface area contributed by atoms with Crippen molar-refractivity contribution < 1.29 is 0 Å². The van der Waals surface area contributed by atoms with Crippen molar-refractivity contribution in [2.75, 3.05) is 18.0 Å². The third-order valence-electron chi connectivity index (χ3n) is 3.62. The van der Waals surface area contributed by atoms with Crippen LogP contribution in [0.25, 0.3) is 0 Å². The first-order valence-corrected chi connectivity index (χ1v) is 6.17. The number of nitrogens with zero attached hydrogens (tertiary/aromatic N) is 3. The molecular weight excluding hydrogens is 214 g/mol. The van der Waals surface area contributed by atoms with Crippen molar-refractivity contribution in [3.63, 3.8) is 0 Å². The maximum atomic E-state index is 7.69. The van der Waals surface area contributed by atoms with Crippen molar-refractivity contribution in [3.8, 4) is 0 Å². The molecule has 17 heavy (non-hydrogen) atoms. The van der Waals surface area contributed by atoms with Gasteiger partial charge >= 0.3 is 0 Å². The minimum atomic E-state index is 0.116. The number of nitrogen functional groups attached to an aromatic ring is 1. The Balaban J connectivity index is 2.35. The van der Waals surface area contributed by atoms with Crippen molar-refractivity contribution in [2.24, 2.45) is 18.7 Å². The fraction of sp³-hybridized carbons (Fsp3) is 0.667. The third-order valence-corrected chi connectivity index (χ3v) is 3.62. The van der Waals surface area contributed by atoms with E-state index in [0.717, 1.165) is 36.1 Å². The number of nitrogens with one attached hydrogen (secondary N) is 1. The molecule has 2 rings (SSSR count). The summed E-state index contributed by atoms with van der Waals surface area (Å²) < 4.78 is 1.85. The summed E-state index contributed by atoms with van der Waals surface area (Å²) in [6, 6.07) is 0. The fourth-order valence-electron chi connectivity index (χ4n) is 2.68. The molecule has 2 heterocycles. The molecule has 1 saturated heterocycles. The third kappa shape index (κ3) is 2.01. The zero-order valence-corrected chi connectivity index (χ0v) is 10.8. The SMILES string of the molecule is CCC1CCN(c2c(C(=N)N)c(C)nn2C)C1. The second kappa shape index (κ2) is 4.39. The summed E-state index contributed by atoms with van der Waals surface area (Å²) in [5, 5.41) is 12.1. The number of aromatic nitrogens is 2. The van der Waals surface area contributed by atoms with Crippen LogP contribution < -0.4 is 10.6 Å². The van der Waals surface area contributed by atoms with Crippen LogP contribution in [-0.2, 0) is 7.05 Å². The van der Waals surface area contributed by atoms with Crippen molar-refractivity contribution >= 4 is 11.7 Å². The Morgan fingerprint density at radius 3 is 2.82 bits per heavy atom. The van der Waals surface area contributed by atoms with Crippen LogP contribution >= 0.6 is 0 Å². The summed E-state index contributed by atoms with van der Waals surface area (Å²) >= 11 is 0. The minimum absolute atomic E-state index is 0.116. The lowest BCUT2D eigenvalue weighted by Gasteiger charge is -2.20. The number of hydrogen-bond acceptors (Lipinski definition) is 3. The smallest absolute Gasteiger partial charge is 0.137 e. The maximum absolute atomic E-state index is 7.69. The first-order chi connectivity index (χ1) is 8.04. The number of anilines is 1. The molecule has 1 fully saturated rings. The van der Waals surface area contributed by atoms with E-state index in [2.05, 4.69) is 16.9 Å². The van der Waals surface area contributed by atoms with E-state index in [1.807, 2.05) is 18.7 Å². The van der Waals surface area contributed by atoms with E-state index in [1.54, 1.807) is 0 Å². The molecule has 0 aliphatic carbocycles. The van der Waals surface area contributed by atoms with Crippen LogP contribution in [0.15, 0.2) is 0 Å². The molecule has 1 aromatic rings. The molecule has 3 N–H and O–H groups in total. The van der Waals surface area contributed by atoms with Crippen molar-refractivity contribution in [3.05, 3.63) is 11.3 Å². The Kier molecular flexibility index (Phi) is 3.09. The van der Waals surface area contributed by atoms with E-state index in [-0.39, 0.29) is 5.84 Å². The Morgan fingerprint density at radius 1 is 1.59 bits per heavy atom. The van der Waals surface area contributed by atoms with Crippen LogP contribution in [0.1, 0.15) is 31.0 Å². The van der Waals surface area contributed by atoms with Gasteiger partial charge in [0.1, 0.15) is 11.7 Å². The Labute approximate surface area is 102 Å². The van der Waals surface area contributed by atoms with E-state index in [0.29, 0.717) is 0 Å². The van der Waals surface area contributed by atoms with Crippen LogP contribution in [0.4, 0.5) is 5.82 Å². The number of nitrogens with two attached hydrogens (primary N) is 1. The topological polar surface area (TPSA) is 70.9 Å². The van der Waals surface area contributed by atoms with Crippen LogP contribution in [0, 0.1) is 18.3 Å². The minimum Gasteiger partial charge on any atom is -0.384 e. The van der Waals surface area contributed by atoms with Gasteiger partial charge < -0.3 is 10.6 Å². The molecule has 1 unspecified atom stereocenters. The fourth-order valence-corrected chi connectivity index (χ4v) is 2.68. The molecule has 5 nitrogen and oxygen atoms in total. The molecular formula is C12H21N5. The number of rotatable bonds is 3. The van der Waals surface area contributed by atoms with Crippen LogP contribution in [0.3, 0.4) is 0 Å². The van der Waals surface area contributed by atoms with Gasteiger partial charge in [0.15, 0.2) is 0 Å². The van der Waals surface area contributed by atoms with E-state index in [1.165, 1.54) is 12.8 Å². The standard InChI is InChI=1S/C12H21N5/c1-4-9-5-6-17(7-9)12-10(11(13)14)8(2)15-16(12)3/h9H,4-7H2,1-3H3,(H3,13,14). The van der Waals surface area contributed by atoms with Crippen molar-refractivity contribution in [1.29, 1.82) is 5.41 Å². The Hall–Kier alpha value is -1.52. The molecule has 1 atom stereocenters. The summed E-state index contributed by atoms with van der Waals surface area (Å²) in [6.07, 6.45) is 2.43. The normalized spacial score (nSPS) is 19.9. The first kappa shape index (κ1) is 12.0. The maximum Gasteiger partial charge on any atom is 0.137 e. The van der Waals surface area contributed by atoms with Gasteiger partial charge in [-0.05, 0) is 19.3 Å². The summed E-state index contributed by atoms with van der Waals surface area (Å²) in [7, 11) is 1.92. The highest BCUT2D eigenvalue weighted by molar-refractivity contribution is 6.01. The van der Waals surface area contributed by atoms with Gasteiger partial charge in [0, 0.05) is 20.1 Å². The Morgan fingerprint density at radius 2 is 2.29 bits per heavy atom. The number of amidine groups is 1. The monoisotopic (exact) mass is 235 g/mol. The lowest BCUT2D eigenvalue weighted by molar-refractivity contribution is 0.567. The molecule has 0 saturated carbocycles. The molecule has 0 aromatic carbocycles. The van der Waals surface area contributed by atoms with E-state index < -0.39 is 0 Å². The molecule has 94 valence electrons. The van der Waals surface area contributed by atoms with E-state index in [4.69, 9.17) is 11.1 Å². The molecule has 1 aromatic heterocycles. The van der Waals surface area contributed by atoms with Crippen LogP contribution in [-0.4, -0.2) is 28.7 Å². The molecule has 0 radical (unpaired) electrons. The first-order valence-electron chi connectivity index (χ1n) is 6.17. The zero-order valence-electron chi connectivity index (χ0n) is 10.8. The number of hydrogen-bond donors (Lipinski definition) is 2. The molecule has 0 amide bonds. The van der Waals surface area contributed by atoms with Gasteiger partial charge in [-0.3, -0.25) is 10.1 Å². The average Bonchev–Trinajstić information content (AvgIpc) is 2.81. The van der Waals surface area contributed by atoms with Gasteiger partial charge in [-0.1, -0.05) is 13.3 Å². The van der Waals surface area contributed by atoms with Gasteiger partial charge in [0.2, 0.25) is 0 Å². The summed E-state index contributed by atoms with van der Waals surface area (Å²) in [6.45, 7) is 6.23. The molecule has 0 bridgehead atoms.